The molecule has 1 aromatic rings. The second-order valence-corrected chi connectivity index (χ2v) is 4.93. The SMILES string of the molecule is CN1CCN(c2ccc(N)cc2N(C)C)CC1. The van der Waals surface area contributed by atoms with Crippen LogP contribution < -0.4 is 15.5 Å². The normalized spacial score (nSPS) is 17.2. The second-order valence-electron chi connectivity index (χ2n) is 4.93. The van der Waals surface area contributed by atoms with Crippen molar-refractivity contribution in [3.63, 3.8) is 0 Å². The van der Waals surface area contributed by atoms with Gasteiger partial charge in [0.1, 0.15) is 0 Å². The number of piperazine rings is 1. The molecular formula is C13H22N4. The minimum absolute atomic E-state index is 0.826. The van der Waals surface area contributed by atoms with Crippen molar-refractivity contribution in [2.75, 3.05) is 62.9 Å². The van der Waals surface area contributed by atoms with Crippen LogP contribution in [0.25, 0.3) is 0 Å². The third-order valence-electron chi connectivity index (χ3n) is 3.33. The van der Waals surface area contributed by atoms with Gasteiger partial charge in [0.05, 0.1) is 11.4 Å². The first-order valence-corrected chi connectivity index (χ1v) is 6.08. The van der Waals surface area contributed by atoms with Crippen molar-refractivity contribution < 1.29 is 0 Å². The van der Waals surface area contributed by atoms with Crippen molar-refractivity contribution in [1.82, 2.24) is 4.90 Å². The zero-order valence-electron chi connectivity index (χ0n) is 11.0. The van der Waals surface area contributed by atoms with Crippen LogP contribution in [0.15, 0.2) is 18.2 Å². The summed E-state index contributed by atoms with van der Waals surface area (Å²) in [4.78, 5) is 6.93. The van der Waals surface area contributed by atoms with Crippen LogP contribution in [0.1, 0.15) is 0 Å². The molecule has 94 valence electrons. The van der Waals surface area contributed by atoms with E-state index in [9.17, 15) is 0 Å². The molecule has 1 aromatic carbocycles. The van der Waals surface area contributed by atoms with E-state index in [0.29, 0.717) is 0 Å². The van der Waals surface area contributed by atoms with E-state index in [1.165, 1.54) is 11.4 Å². The van der Waals surface area contributed by atoms with E-state index in [1.807, 2.05) is 12.1 Å². The number of benzene rings is 1. The van der Waals surface area contributed by atoms with Crippen LogP contribution in [0.4, 0.5) is 17.1 Å². The van der Waals surface area contributed by atoms with Crippen LogP contribution in [0, 0.1) is 0 Å². The number of nitrogens with zero attached hydrogens (tertiary/aromatic N) is 3. The van der Waals surface area contributed by atoms with E-state index in [-0.39, 0.29) is 0 Å². The predicted octanol–water partition coefficient (Wildman–Crippen LogP) is 1.09. The maximum atomic E-state index is 5.86. The Balaban J connectivity index is 2.25. The molecule has 1 fully saturated rings. The van der Waals surface area contributed by atoms with Gasteiger partial charge in [0.15, 0.2) is 0 Å². The van der Waals surface area contributed by atoms with Gasteiger partial charge < -0.3 is 20.4 Å². The van der Waals surface area contributed by atoms with E-state index in [2.05, 4.69) is 41.9 Å². The number of nitrogen functional groups attached to an aromatic ring is 1. The molecule has 0 unspecified atom stereocenters. The van der Waals surface area contributed by atoms with Crippen molar-refractivity contribution >= 4 is 17.1 Å². The Morgan fingerprint density at radius 1 is 1.12 bits per heavy atom. The van der Waals surface area contributed by atoms with E-state index < -0.39 is 0 Å². The second kappa shape index (κ2) is 4.84. The number of nitrogens with two attached hydrogens (primary N) is 1. The molecule has 0 atom stereocenters. The van der Waals surface area contributed by atoms with Crippen molar-refractivity contribution in [1.29, 1.82) is 0 Å². The summed E-state index contributed by atoms with van der Waals surface area (Å²) in [5.41, 5.74) is 9.18. The summed E-state index contributed by atoms with van der Waals surface area (Å²) in [6.45, 7) is 4.41. The molecule has 0 bridgehead atoms. The van der Waals surface area contributed by atoms with Gasteiger partial charge in [-0.15, -0.1) is 0 Å². The lowest BCUT2D eigenvalue weighted by Crippen LogP contribution is -2.44. The fraction of sp³-hybridized carbons (Fsp3) is 0.538. The minimum atomic E-state index is 0.826. The first kappa shape index (κ1) is 12.0. The number of anilines is 3. The van der Waals surface area contributed by atoms with Gasteiger partial charge >= 0.3 is 0 Å². The van der Waals surface area contributed by atoms with Gasteiger partial charge in [-0.3, -0.25) is 0 Å². The fourth-order valence-corrected chi connectivity index (χ4v) is 2.21. The van der Waals surface area contributed by atoms with Crippen LogP contribution >= 0.6 is 0 Å². The Bertz CT molecular complexity index is 381. The maximum Gasteiger partial charge on any atom is 0.0619 e. The van der Waals surface area contributed by atoms with E-state index >= 15 is 0 Å². The van der Waals surface area contributed by atoms with E-state index in [0.717, 1.165) is 31.9 Å². The monoisotopic (exact) mass is 234 g/mol. The Labute approximate surface area is 104 Å². The van der Waals surface area contributed by atoms with Gasteiger partial charge in [-0.1, -0.05) is 0 Å². The van der Waals surface area contributed by atoms with E-state index in [1.54, 1.807) is 0 Å². The Morgan fingerprint density at radius 2 is 1.76 bits per heavy atom. The van der Waals surface area contributed by atoms with Crippen LogP contribution in [-0.4, -0.2) is 52.2 Å². The highest BCUT2D eigenvalue weighted by atomic mass is 15.3. The van der Waals surface area contributed by atoms with E-state index in [4.69, 9.17) is 5.73 Å². The lowest BCUT2D eigenvalue weighted by molar-refractivity contribution is 0.313. The Morgan fingerprint density at radius 3 is 2.35 bits per heavy atom. The molecule has 1 aliphatic rings. The molecule has 0 aliphatic carbocycles. The highest BCUT2D eigenvalue weighted by Gasteiger charge is 2.17. The predicted molar refractivity (Wildman–Crippen MR) is 74.9 cm³/mol. The number of rotatable bonds is 2. The smallest absolute Gasteiger partial charge is 0.0619 e. The molecule has 4 nitrogen and oxygen atoms in total. The molecular weight excluding hydrogens is 212 g/mol. The van der Waals surface area contributed by atoms with Gasteiger partial charge in [0, 0.05) is 46.0 Å². The summed E-state index contributed by atoms with van der Waals surface area (Å²) in [7, 11) is 6.30. The summed E-state index contributed by atoms with van der Waals surface area (Å²) in [6.07, 6.45) is 0. The van der Waals surface area contributed by atoms with Crippen LogP contribution in [-0.2, 0) is 0 Å². The molecule has 0 spiro atoms. The number of hydrogen-bond donors (Lipinski definition) is 1. The number of hydrogen-bond acceptors (Lipinski definition) is 4. The van der Waals surface area contributed by atoms with Crippen LogP contribution in [0.2, 0.25) is 0 Å². The van der Waals surface area contributed by atoms with Crippen molar-refractivity contribution in [2.24, 2.45) is 0 Å². The molecule has 1 heterocycles. The largest absolute Gasteiger partial charge is 0.399 e. The standard InChI is InChI=1S/C13H22N4/c1-15(2)13-10-11(14)4-5-12(13)17-8-6-16(3)7-9-17/h4-5,10H,6-9,14H2,1-3H3. The summed E-state index contributed by atoms with van der Waals surface area (Å²) in [5, 5.41) is 0. The highest BCUT2D eigenvalue weighted by molar-refractivity contribution is 5.75. The van der Waals surface area contributed by atoms with Crippen LogP contribution in [0.5, 0.6) is 0 Å². The molecule has 2 N–H and O–H groups in total. The molecule has 0 amide bonds. The van der Waals surface area contributed by atoms with Crippen LogP contribution in [0.3, 0.4) is 0 Å². The molecule has 2 rings (SSSR count). The quantitative estimate of drug-likeness (QED) is 0.777. The fourth-order valence-electron chi connectivity index (χ4n) is 2.21. The molecule has 1 aliphatic heterocycles. The van der Waals surface area contributed by atoms with Gasteiger partial charge in [-0.05, 0) is 25.2 Å². The third kappa shape index (κ3) is 2.64. The first-order valence-electron chi connectivity index (χ1n) is 6.08. The summed E-state index contributed by atoms with van der Waals surface area (Å²) >= 11 is 0. The Kier molecular flexibility index (Phi) is 3.43. The number of likely N-dealkylation sites (N-methyl/N-ethyl adjacent to an activating group) is 1. The highest BCUT2D eigenvalue weighted by Crippen LogP contribution is 2.30. The molecule has 0 saturated carbocycles. The zero-order chi connectivity index (χ0) is 12.4. The maximum absolute atomic E-state index is 5.86. The molecule has 1 saturated heterocycles. The first-order chi connectivity index (χ1) is 8.08. The zero-order valence-corrected chi connectivity index (χ0v) is 11.0. The average molecular weight is 234 g/mol. The van der Waals surface area contributed by atoms with Crippen molar-refractivity contribution in [2.45, 2.75) is 0 Å². The van der Waals surface area contributed by atoms with Gasteiger partial charge in [0.25, 0.3) is 0 Å². The summed E-state index contributed by atoms with van der Waals surface area (Å²) in [6, 6.07) is 6.17. The molecule has 4 heteroatoms. The Hall–Kier alpha value is -1.42. The minimum Gasteiger partial charge on any atom is -0.399 e. The third-order valence-corrected chi connectivity index (χ3v) is 3.33. The topological polar surface area (TPSA) is 35.7 Å². The molecule has 0 radical (unpaired) electrons. The average Bonchev–Trinajstić information content (AvgIpc) is 2.30. The van der Waals surface area contributed by atoms with Crippen molar-refractivity contribution in [3.8, 4) is 0 Å². The summed E-state index contributed by atoms with van der Waals surface area (Å²) < 4.78 is 0. The van der Waals surface area contributed by atoms with Gasteiger partial charge in [-0.2, -0.15) is 0 Å². The van der Waals surface area contributed by atoms with Gasteiger partial charge in [-0.25, -0.2) is 0 Å². The lowest BCUT2D eigenvalue weighted by Gasteiger charge is -2.36. The van der Waals surface area contributed by atoms with Gasteiger partial charge in [0.2, 0.25) is 0 Å². The lowest BCUT2D eigenvalue weighted by atomic mass is 10.2. The van der Waals surface area contributed by atoms with Crippen molar-refractivity contribution in [3.05, 3.63) is 18.2 Å². The molecule has 17 heavy (non-hydrogen) atoms. The summed E-state index contributed by atoms with van der Waals surface area (Å²) in [5.74, 6) is 0. The molecule has 0 aromatic heterocycles.